The van der Waals surface area contributed by atoms with E-state index in [4.69, 9.17) is 0 Å². The second kappa shape index (κ2) is 6.78. The Labute approximate surface area is 134 Å². The highest BCUT2D eigenvalue weighted by atomic mass is 16.2. The number of piperidine rings is 1. The zero-order valence-electron chi connectivity index (χ0n) is 12.8. The van der Waals surface area contributed by atoms with Crippen LogP contribution in [0, 0.1) is 0 Å². The molecule has 1 unspecified atom stereocenters. The molecule has 2 fully saturated rings. The Hall–Kier alpha value is -2.41. The summed E-state index contributed by atoms with van der Waals surface area (Å²) in [6.07, 6.45) is 0.589. The summed E-state index contributed by atoms with van der Waals surface area (Å²) in [5, 5.41) is 8.23. The van der Waals surface area contributed by atoms with Crippen molar-refractivity contribution in [2.75, 3.05) is 31.1 Å². The van der Waals surface area contributed by atoms with E-state index >= 15 is 0 Å². The Morgan fingerprint density at radius 3 is 2.74 bits per heavy atom. The van der Waals surface area contributed by atoms with Gasteiger partial charge in [0, 0.05) is 43.9 Å². The highest BCUT2D eigenvalue weighted by Gasteiger charge is 2.28. The van der Waals surface area contributed by atoms with Crippen LogP contribution in [0.25, 0.3) is 0 Å². The molecule has 0 saturated carbocycles. The van der Waals surface area contributed by atoms with Crippen LogP contribution in [0.4, 0.5) is 5.69 Å². The molecule has 3 N–H and O–H groups in total. The van der Waals surface area contributed by atoms with Crippen molar-refractivity contribution in [2.45, 2.75) is 18.9 Å². The van der Waals surface area contributed by atoms with Gasteiger partial charge in [0.1, 0.15) is 6.04 Å². The molecular weight excluding hydrogens is 296 g/mol. The van der Waals surface area contributed by atoms with Gasteiger partial charge >= 0.3 is 0 Å². The first-order valence-electron chi connectivity index (χ1n) is 7.84. The van der Waals surface area contributed by atoms with Gasteiger partial charge in [-0.05, 0) is 24.6 Å². The Bertz CT molecular complexity index is 626. The molecule has 0 bridgehead atoms. The number of carbonyl (C=O) groups is 3. The van der Waals surface area contributed by atoms with Gasteiger partial charge < -0.3 is 15.5 Å². The van der Waals surface area contributed by atoms with Crippen LogP contribution < -0.4 is 20.9 Å². The third-order valence-electron chi connectivity index (χ3n) is 4.13. The second-order valence-corrected chi connectivity index (χ2v) is 5.76. The SMILES string of the molecule is O=C1CCC(NC(=O)c2cccc(N3CCNCC3)c2)C(=O)N1. The van der Waals surface area contributed by atoms with Gasteiger partial charge in [0.05, 0.1) is 0 Å². The molecule has 2 aliphatic heterocycles. The molecule has 2 saturated heterocycles. The fourth-order valence-corrected chi connectivity index (χ4v) is 2.84. The van der Waals surface area contributed by atoms with E-state index in [0.29, 0.717) is 12.0 Å². The number of piperazine rings is 1. The molecule has 7 heteroatoms. The number of rotatable bonds is 3. The standard InChI is InChI=1S/C16H20N4O3/c21-14-5-4-13(16(23)19-14)18-15(22)11-2-1-3-12(10-11)20-8-6-17-7-9-20/h1-3,10,13,17H,4-9H2,(H,18,22)(H,19,21,23). The molecule has 1 atom stereocenters. The summed E-state index contributed by atoms with van der Waals surface area (Å²) in [4.78, 5) is 37.5. The molecular formula is C16H20N4O3. The average molecular weight is 316 g/mol. The molecule has 0 aliphatic carbocycles. The van der Waals surface area contributed by atoms with Crippen molar-refractivity contribution in [3.8, 4) is 0 Å². The van der Waals surface area contributed by atoms with Crippen molar-refractivity contribution in [3.05, 3.63) is 29.8 Å². The summed E-state index contributed by atoms with van der Waals surface area (Å²) < 4.78 is 0. The minimum absolute atomic E-state index is 0.248. The van der Waals surface area contributed by atoms with Gasteiger partial charge in [0.25, 0.3) is 5.91 Å². The molecule has 2 aliphatic rings. The van der Waals surface area contributed by atoms with Crippen molar-refractivity contribution in [1.29, 1.82) is 0 Å². The largest absolute Gasteiger partial charge is 0.369 e. The lowest BCUT2D eigenvalue weighted by atomic mass is 10.1. The van der Waals surface area contributed by atoms with Crippen LogP contribution in [-0.2, 0) is 9.59 Å². The molecule has 1 aromatic carbocycles. The number of nitrogens with one attached hydrogen (secondary N) is 3. The highest BCUT2D eigenvalue weighted by molar-refractivity contribution is 6.04. The third-order valence-corrected chi connectivity index (χ3v) is 4.13. The predicted octanol–water partition coefficient (Wildman–Crippen LogP) is -0.369. The minimum Gasteiger partial charge on any atom is -0.369 e. The van der Waals surface area contributed by atoms with E-state index in [1.165, 1.54) is 0 Å². The quantitative estimate of drug-likeness (QED) is 0.662. The second-order valence-electron chi connectivity index (χ2n) is 5.76. The minimum atomic E-state index is -0.650. The van der Waals surface area contributed by atoms with Gasteiger partial charge in [-0.1, -0.05) is 6.07 Å². The van der Waals surface area contributed by atoms with Crippen molar-refractivity contribution >= 4 is 23.4 Å². The number of imide groups is 1. The number of anilines is 1. The van der Waals surface area contributed by atoms with Gasteiger partial charge in [-0.3, -0.25) is 19.7 Å². The Morgan fingerprint density at radius 2 is 2.00 bits per heavy atom. The van der Waals surface area contributed by atoms with E-state index in [-0.39, 0.29) is 18.2 Å². The van der Waals surface area contributed by atoms with Crippen LogP contribution >= 0.6 is 0 Å². The maximum Gasteiger partial charge on any atom is 0.252 e. The molecule has 1 aromatic rings. The number of hydrogen-bond acceptors (Lipinski definition) is 5. The van der Waals surface area contributed by atoms with Crippen LogP contribution in [-0.4, -0.2) is 49.9 Å². The average Bonchev–Trinajstić information content (AvgIpc) is 2.58. The molecule has 3 rings (SSSR count). The van der Waals surface area contributed by atoms with Gasteiger partial charge in [-0.2, -0.15) is 0 Å². The van der Waals surface area contributed by atoms with E-state index in [1.807, 2.05) is 18.2 Å². The first-order chi connectivity index (χ1) is 11.1. The fourth-order valence-electron chi connectivity index (χ4n) is 2.84. The molecule has 0 radical (unpaired) electrons. The van der Waals surface area contributed by atoms with Crippen molar-refractivity contribution in [2.24, 2.45) is 0 Å². The van der Waals surface area contributed by atoms with E-state index in [0.717, 1.165) is 31.9 Å². The van der Waals surface area contributed by atoms with Gasteiger partial charge in [-0.15, -0.1) is 0 Å². The molecule has 3 amide bonds. The molecule has 2 heterocycles. The lowest BCUT2D eigenvalue weighted by molar-refractivity contribution is -0.134. The summed E-state index contributed by atoms with van der Waals surface area (Å²) >= 11 is 0. The zero-order chi connectivity index (χ0) is 16.2. The first kappa shape index (κ1) is 15.5. The van der Waals surface area contributed by atoms with Crippen LogP contribution in [0.1, 0.15) is 23.2 Å². The van der Waals surface area contributed by atoms with Crippen molar-refractivity contribution in [3.63, 3.8) is 0 Å². The predicted molar refractivity (Wildman–Crippen MR) is 85.2 cm³/mol. The Kier molecular flexibility index (Phi) is 4.57. The van der Waals surface area contributed by atoms with E-state index in [1.54, 1.807) is 6.07 Å². The maximum atomic E-state index is 12.4. The van der Waals surface area contributed by atoms with E-state index in [9.17, 15) is 14.4 Å². The highest BCUT2D eigenvalue weighted by Crippen LogP contribution is 2.17. The van der Waals surface area contributed by atoms with E-state index < -0.39 is 11.9 Å². The summed E-state index contributed by atoms with van der Waals surface area (Å²) in [6.45, 7) is 3.65. The molecule has 0 aromatic heterocycles. The van der Waals surface area contributed by atoms with Gasteiger partial charge in [0.2, 0.25) is 11.8 Å². The Balaban J connectivity index is 1.67. The number of nitrogens with zero attached hydrogens (tertiary/aromatic N) is 1. The molecule has 122 valence electrons. The zero-order valence-corrected chi connectivity index (χ0v) is 12.8. The monoisotopic (exact) mass is 316 g/mol. The van der Waals surface area contributed by atoms with Crippen molar-refractivity contribution < 1.29 is 14.4 Å². The number of hydrogen-bond donors (Lipinski definition) is 3. The Morgan fingerprint density at radius 1 is 1.22 bits per heavy atom. The van der Waals surface area contributed by atoms with Gasteiger partial charge in [0.15, 0.2) is 0 Å². The molecule has 23 heavy (non-hydrogen) atoms. The van der Waals surface area contributed by atoms with Gasteiger partial charge in [-0.25, -0.2) is 0 Å². The summed E-state index contributed by atoms with van der Waals surface area (Å²) in [7, 11) is 0. The maximum absolute atomic E-state index is 12.4. The number of carbonyl (C=O) groups excluding carboxylic acids is 3. The smallest absolute Gasteiger partial charge is 0.252 e. The van der Waals surface area contributed by atoms with Crippen LogP contribution in [0.15, 0.2) is 24.3 Å². The molecule has 0 spiro atoms. The third kappa shape index (κ3) is 3.68. The normalized spacial score (nSPS) is 21.7. The number of amides is 3. The summed E-state index contributed by atoms with van der Waals surface area (Å²) in [5.74, 6) is -1.02. The lowest BCUT2D eigenvalue weighted by Crippen LogP contribution is -2.52. The lowest BCUT2D eigenvalue weighted by Gasteiger charge is -2.29. The van der Waals surface area contributed by atoms with Crippen LogP contribution in [0.2, 0.25) is 0 Å². The summed E-state index contributed by atoms with van der Waals surface area (Å²) in [5.41, 5.74) is 1.52. The van der Waals surface area contributed by atoms with Crippen molar-refractivity contribution in [1.82, 2.24) is 16.0 Å². The number of benzene rings is 1. The van der Waals surface area contributed by atoms with Crippen LogP contribution in [0.3, 0.4) is 0 Å². The van der Waals surface area contributed by atoms with Crippen LogP contribution in [0.5, 0.6) is 0 Å². The first-order valence-corrected chi connectivity index (χ1v) is 7.84. The fraction of sp³-hybridized carbons (Fsp3) is 0.438. The summed E-state index contributed by atoms with van der Waals surface area (Å²) in [6, 6.07) is 6.74. The topological polar surface area (TPSA) is 90.5 Å². The van der Waals surface area contributed by atoms with E-state index in [2.05, 4.69) is 20.9 Å². The molecule has 7 nitrogen and oxygen atoms in total.